The molecule has 24 heavy (non-hydrogen) atoms. The van der Waals surface area contributed by atoms with E-state index in [4.69, 9.17) is 5.73 Å². The van der Waals surface area contributed by atoms with Crippen LogP contribution < -0.4 is 5.73 Å². The molecular formula is C18H34N4O2. The standard InChI is InChI=1S/C18H34N4O2/c1-15(2)13-16(19)18(24)22-11-9-20(10-12-22)14-17(23)21-7-5-3-4-6-8-21/h15-16H,3-14,19H2,1-2H3/t16-/m0/s1. The fraction of sp³-hybridized carbons (Fsp3) is 0.889. The van der Waals surface area contributed by atoms with Gasteiger partial charge in [0.15, 0.2) is 0 Å². The number of nitrogens with two attached hydrogens (primary N) is 1. The Balaban J connectivity index is 1.74. The Labute approximate surface area is 146 Å². The van der Waals surface area contributed by atoms with Crippen LogP contribution in [0.15, 0.2) is 0 Å². The van der Waals surface area contributed by atoms with Crippen LogP contribution in [0.3, 0.4) is 0 Å². The van der Waals surface area contributed by atoms with Crippen molar-refractivity contribution in [2.24, 2.45) is 11.7 Å². The van der Waals surface area contributed by atoms with Gasteiger partial charge in [0.2, 0.25) is 11.8 Å². The summed E-state index contributed by atoms with van der Waals surface area (Å²) in [6, 6.07) is -0.393. The van der Waals surface area contributed by atoms with E-state index in [1.807, 2.05) is 9.80 Å². The van der Waals surface area contributed by atoms with Gasteiger partial charge in [0.05, 0.1) is 12.6 Å². The predicted octanol–water partition coefficient (Wildman–Crippen LogP) is 0.907. The summed E-state index contributed by atoms with van der Waals surface area (Å²) in [4.78, 5) is 30.9. The van der Waals surface area contributed by atoms with E-state index in [1.54, 1.807) is 0 Å². The summed E-state index contributed by atoms with van der Waals surface area (Å²) in [6.07, 6.45) is 5.46. The van der Waals surface area contributed by atoms with Gasteiger partial charge in [0.25, 0.3) is 0 Å². The number of nitrogens with zero attached hydrogens (tertiary/aromatic N) is 3. The molecule has 6 nitrogen and oxygen atoms in total. The summed E-state index contributed by atoms with van der Waals surface area (Å²) in [5, 5.41) is 0. The number of likely N-dealkylation sites (tertiary alicyclic amines) is 1. The fourth-order valence-corrected chi connectivity index (χ4v) is 3.58. The number of carbonyl (C=O) groups excluding carboxylic acids is 2. The van der Waals surface area contributed by atoms with Crippen LogP contribution >= 0.6 is 0 Å². The second kappa shape index (κ2) is 9.37. The zero-order valence-electron chi connectivity index (χ0n) is 15.4. The quantitative estimate of drug-likeness (QED) is 0.809. The monoisotopic (exact) mass is 338 g/mol. The third-order valence-corrected chi connectivity index (χ3v) is 5.04. The van der Waals surface area contributed by atoms with Crippen molar-refractivity contribution in [2.45, 2.75) is 52.0 Å². The number of hydrogen-bond acceptors (Lipinski definition) is 4. The molecule has 0 aromatic carbocycles. The molecule has 0 unspecified atom stereocenters. The van der Waals surface area contributed by atoms with Crippen molar-refractivity contribution >= 4 is 11.8 Å². The first-order valence-corrected chi connectivity index (χ1v) is 9.52. The van der Waals surface area contributed by atoms with E-state index in [0.717, 1.165) is 45.4 Å². The molecule has 0 aromatic rings. The van der Waals surface area contributed by atoms with Crippen molar-refractivity contribution in [2.75, 3.05) is 45.8 Å². The maximum atomic E-state index is 12.4. The van der Waals surface area contributed by atoms with Crippen LogP contribution in [-0.4, -0.2) is 78.4 Å². The Morgan fingerprint density at radius 3 is 2.00 bits per heavy atom. The maximum Gasteiger partial charge on any atom is 0.239 e. The number of carbonyl (C=O) groups is 2. The molecule has 1 atom stereocenters. The van der Waals surface area contributed by atoms with Gasteiger partial charge in [-0.3, -0.25) is 14.5 Å². The number of hydrogen-bond donors (Lipinski definition) is 1. The third-order valence-electron chi connectivity index (χ3n) is 5.04. The van der Waals surface area contributed by atoms with E-state index in [9.17, 15) is 9.59 Å². The van der Waals surface area contributed by atoms with Crippen molar-refractivity contribution in [1.82, 2.24) is 14.7 Å². The molecule has 0 aliphatic carbocycles. The highest BCUT2D eigenvalue weighted by atomic mass is 16.2. The van der Waals surface area contributed by atoms with Crippen LogP contribution in [0.4, 0.5) is 0 Å². The molecule has 0 radical (unpaired) electrons. The highest BCUT2D eigenvalue weighted by Gasteiger charge is 2.27. The first kappa shape index (κ1) is 19.2. The average molecular weight is 338 g/mol. The molecule has 2 amide bonds. The topological polar surface area (TPSA) is 69.9 Å². The van der Waals surface area contributed by atoms with Crippen molar-refractivity contribution in [3.8, 4) is 0 Å². The Kier molecular flexibility index (Phi) is 7.49. The van der Waals surface area contributed by atoms with Crippen LogP contribution in [-0.2, 0) is 9.59 Å². The highest BCUT2D eigenvalue weighted by molar-refractivity contribution is 5.82. The molecule has 0 spiro atoms. The Hall–Kier alpha value is -1.14. The summed E-state index contributed by atoms with van der Waals surface area (Å²) >= 11 is 0. The molecule has 138 valence electrons. The van der Waals surface area contributed by atoms with Crippen LogP contribution in [0.5, 0.6) is 0 Å². The van der Waals surface area contributed by atoms with E-state index in [1.165, 1.54) is 12.8 Å². The maximum absolute atomic E-state index is 12.4. The van der Waals surface area contributed by atoms with Gasteiger partial charge < -0.3 is 15.5 Å². The minimum atomic E-state index is -0.393. The fourth-order valence-electron chi connectivity index (χ4n) is 3.58. The molecule has 2 rings (SSSR count). The van der Waals surface area contributed by atoms with E-state index >= 15 is 0 Å². The Bertz CT molecular complexity index is 411. The van der Waals surface area contributed by atoms with Crippen molar-refractivity contribution in [3.05, 3.63) is 0 Å². The molecule has 2 fully saturated rings. The minimum Gasteiger partial charge on any atom is -0.342 e. The van der Waals surface area contributed by atoms with E-state index in [2.05, 4.69) is 18.7 Å². The van der Waals surface area contributed by atoms with Crippen molar-refractivity contribution in [1.29, 1.82) is 0 Å². The zero-order chi connectivity index (χ0) is 17.5. The Morgan fingerprint density at radius 1 is 0.875 bits per heavy atom. The second-order valence-electron chi connectivity index (χ2n) is 7.63. The smallest absolute Gasteiger partial charge is 0.239 e. The zero-order valence-corrected chi connectivity index (χ0v) is 15.4. The molecule has 0 saturated carbocycles. The summed E-state index contributed by atoms with van der Waals surface area (Å²) in [5.74, 6) is 0.729. The van der Waals surface area contributed by atoms with Crippen molar-refractivity contribution in [3.63, 3.8) is 0 Å². The summed E-state index contributed by atoms with van der Waals surface area (Å²) in [5.41, 5.74) is 6.01. The first-order chi connectivity index (χ1) is 11.5. The SMILES string of the molecule is CC(C)C[C@H](N)C(=O)N1CCN(CC(=O)N2CCCCCC2)CC1. The normalized spacial score (nSPS) is 21.7. The summed E-state index contributed by atoms with van der Waals surface area (Å²) < 4.78 is 0. The van der Waals surface area contributed by atoms with Gasteiger partial charge >= 0.3 is 0 Å². The van der Waals surface area contributed by atoms with E-state index in [0.29, 0.717) is 25.6 Å². The minimum absolute atomic E-state index is 0.0576. The second-order valence-corrected chi connectivity index (χ2v) is 7.63. The summed E-state index contributed by atoms with van der Waals surface area (Å²) in [7, 11) is 0. The van der Waals surface area contributed by atoms with E-state index in [-0.39, 0.29) is 11.8 Å². The number of piperazine rings is 1. The summed E-state index contributed by atoms with van der Waals surface area (Å²) in [6.45, 7) is 9.34. The molecule has 0 bridgehead atoms. The lowest BCUT2D eigenvalue weighted by Gasteiger charge is -2.36. The van der Waals surface area contributed by atoms with Gasteiger partial charge in [-0.1, -0.05) is 26.7 Å². The average Bonchev–Trinajstić information content (AvgIpc) is 2.83. The van der Waals surface area contributed by atoms with E-state index < -0.39 is 6.04 Å². The largest absolute Gasteiger partial charge is 0.342 e. The van der Waals surface area contributed by atoms with Crippen LogP contribution in [0.25, 0.3) is 0 Å². The predicted molar refractivity (Wildman–Crippen MR) is 95.5 cm³/mol. The number of rotatable bonds is 5. The van der Waals surface area contributed by atoms with Crippen LogP contribution in [0.2, 0.25) is 0 Å². The molecule has 2 saturated heterocycles. The van der Waals surface area contributed by atoms with Crippen LogP contribution in [0, 0.1) is 5.92 Å². The van der Waals surface area contributed by atoms with Gasteiger partial charge in [0.1, 0.15) is 0 Å². The van der Waals surface area contributed by atoms with Crippen molar-refractivity contribution < 1.29 is 9.59 Å². The lowest BCUT2D eigenvalue weighted by molar-refractivity contribution is -0.136. The molecule has 2 aliphatic heterocycles. The number of amides is 2. The molecule has 2 N–H and O–H groups in total. The van der Waals surface area contributed by atoms with Gasteiger partial charge in [-0.25, -0.2) is 0 Å². The van der Waals surface area contributed by atoms with Crippen LogP contribution in [0.1, 0.15) is 46.0 Å². The molecular weight excluding hydrogens is 304 g/mol. The lowest BCUT2D eigenvalue weighted by Crippen LogP contribution is -2.55. The van der Waals surface area contributed by atoms with Gasteiger partial charge in [-0.15, -0.1) is 0 Å². The van der Waals surface area contributed by atoms with Gasteiger partial charge in [-0.2, -0.15) is 0 Å². The highest BCUT2D eigenvalue weighted by Crippen LogP contribution is 2.12. The molecule has 6 heteroatoms. The molecule has 0 aromatic heterocycles. The molecule has 2 heterocycles. The lowest BCUT2D eigenvalue weighted by atomic mass is 10.0. The van der Waals surface area contributed by atoms with Gasteiger partial charge in [-0.05, 0) is 25.2 Å². The first-order valence-electron chi connectivity index (χ1n) is 9.52. The Morgan fingerprint density at radius 2 is 1.46 bits per heavy atom. The molecule has 2 aliphatic rings. The third kappa shape index (κ3) is 5.74. The van der Waals surface area contributed by atoms with Gasteiger partial charge in [0, 0.05) is 39.3 Å².